The first-order valence-electron chi connectivity index (χ1n) is 7.19. The van der Waals surface area contributed by atoms with E-state index in [0.29, 0.717) is 31.3 Å². The van der Waals surface area contributed by atoms with Gasteiger partial charge in [-0.05, 0) is 43.9 Å². The van der Waals surface area contributed by atoms with Crippen LogP contribution in [0.1, 0.15) is 53.9 Å². The van der Waals surface area contributed by atoms with Crippen molar-refractivity contribution >= 4 is 5.97 Å². The van der Waals surface area contributed by atoms with Gasteiger partial charge in [-0.25, -0.2) is 0 Å². The van der Waals surface area contributed by atoms with Crippen molar-refractivity contribution < 1.29 is 14.6 Å². The van der Waals surface area contributed by atoms with E-state index >= 15 is 0 Å². The zero-order valence-electron chi connectivity index (χ0n) is 12.4. The smallest absolute Gasteiger partial charge is 0.312 e. The molecular formula is C15H28O3. The van der Waals surface area contributed by atoms with Gasteiger partial charge in [-0.1, -0.05) is 27.7 Å². The monoisotopic (exact) mass is 256 g/mol. The van der Waals surface area contributed by atoms with Gasteiger partial charge in [-0.3, -0.25) is 4.79 Å². The highest BCUT2D eigenvalue weighted by Gasteiger charge is 2.47. The van der Waals surface area contributed by atoms with E-state index in [-0.39, 0.29) is 11.9 Å². The highest BCUT2D eigenvalue weighted by molar-refractivity contribution is 5.74. The summed E-state index contributed by atoms with van der Waals surface area (Å²) in [5, 5.41) is 10.9. The van der Waals surface area contributed by atoms with Crippen LogP contribution >= 0.6 is 0 Å². The fraction of sp³-hybridized carbons (Fsp3) is 0.933. The number of aliphatic hydroxyl groups is 1. The van der Waals surface area contributed by atoms with Crippen molar-refractivity contribution in [3.05, 3.63) is 0 Å². The van der Waals surface area contributed by atoms with Crippen LogP contribution in [0.2, 0.25) is 0 Å². The van der Waals surface area contributed by atoms with Gasteiger partial charge >= 0.3 is 5.97 Å². The number of carbonyl (C=O) groups is 1. The molecule has 1 aliphatic carbocycles. The molecule has 0 aliphatic heterocycles. The third-order valence-electron chi connectivity index (χ3n) is 3.99. The molecule has 18 heavy (non-hydrogen) atoms. The van der Waals surface area contributed by atoms with Crippen LogP contribution in [0.3, 0.4) is 0 Å². The number of esters is 1. The summed E-state index contributed by atoms with van der Waals surface area (Å²) < 4.78 is 5.16. The number of hydrogen-bond donors (Lipinski definition) is 1. The summed E-state index contributed by atoms with van der Waals surface area (Å²) in [6.45, 7) is 10.5. The molecule has 106 valence electrons. The Morgan fingerprint density at radius 1 is 1.33 bits per heavy atom. The molecule has 3 atom stereocenters. The first kappa shape index (κ1) is 15.5. The lowest BCUT2D eigenvalue weighted by atomic mass is 9.65. The molecule has 1 saturated carbocycles. The Balaban J connectivity index is 2.92. The maximum absolute atomic E-state index is 12.1. The van der Waals surface area contributed by atoms with E-state index in [9.17, 15) is 9.90 Å². The summed E-state index contributed by atoms with van der Waals surface area (Å²) >= 11 is 0. The van der Waals surface area contributed by atoms with Crippen molar-refractivity contribution in [3.8, 4) is 0 Å². The summed E-state index contributed by atoms with van der Waals surface area (Å²) in [7, 11) is 0. The van der Waals surface area contributed by atoms with Gasteiger partial charge in [0.1, 0.15) is 0 Å². The van der Waals surface area contributed by atoms with Gasteiger partial charge in [0.15, 0.2) is 0 Å². The molecule has 1 N–H and O–H groups in total. The van der Waals surface area contributed by atoms with Crippen LogP contribution < -0.4 is 0 Å². The van der Waals surface area contributed by atoms with Gasteiger partial charge in [0, 0.05) is 0 Å². The fourth-order valence-corrected chi connectivity index (χ4v) is 3.74. The zero-order valence-corrected chi connectivity index (χ0v) is 12.4. The van der Waals surface area contributed by atoms with E-state index in [1.165, 1.54) is 0 Å². The third-order valence-corrected chi connectivity index (χ3v) is 3.99. The van der Waals surface area contributed by atoms with Crippen LogP contribution in [0.25, 0.3) is 0 Å². The Labute approximate surface area is 111 Å². The molecule has 0 radical (unpaired) electrons. The van der Waals surface area contributed by atoms with Crippen LogP contribution in [0.15, 0.2) is 0 Å². The Morgan fingerprint density at radius 3 is 2.22 bits per heavy atom. The molecule has 0 spiro atoms. The lowest BCUT2D eigenvalue weighted by Gasteiger charge is -2.44. The first-order valence-corrected chi connectivity index (χ1v) is 7.19. The number of hydrogen-bond acceptors (Lipinski definition) is 3. The molecular weight excluding hydrogens is 228 g/mol. The largest absolute Gasteiger partial charge is 0.466 e. The van der Waals surface area contributed by atoms with Crippen molar-refractivity contribution in [2.45, 2.75) is 59.5 Å². The van der Waals surface area contributed by atoms with E-state index in [1.54, 1.807) is 0 Å². The van der Waals surface area contributed by atoms with Gasteiger partial charge in [-0.2, -0.15) is 0 Å². The maximum atomic E-state index is 12.1. The first-order chi connectivity index (χ1) is 8.30. The lowest BCUT2D eigenvalue weighted by molar-refractivity contribution is -0.168. The molecule has 1 fully saturated rings. The van der Waals surface area contributed by atoms with Gasteiger partial charge in [0.2, 0.25) is 0 Å². The zero-order chi connectivity index (χ0) is 13.9. The molecule has 0 saturated heterocycles. The minimum atomic E-state index is -0.891. The molecule has 0 aromatic carbocycles. The van der Waals surface area contributed by atoms with Crippen molar-refractivity contribution in [1.29, 1.82) is 0 Å². The Kier molecular flexibility index (Phi) is 5.20. The van der Waals surface area contributed by atoms with Crippen LogP contribution in [0, 0.1) is 23.7 Å². The molecule has 1 rings (SSSR count). The number of carbonyl (C=O) groups excluding carboxylic acids is 1. The molecule has 0 bridgehead atoms. The summed E-state index contributed by atoms with van der Waals surface area (Å²) in [5.74, 6) is 0.398. The molecule has 3 unspecified atom stereocenters. The van der Waals surface area contributed by atoms with E-state index in [0.717, 1.165) is 6.42 Å². The van der Waals surface area contributed by atoms with Crippen LogP contribution in [0.5, 0.6) is 0 Å². The van der Waals surface area contributed by atoms with Crippen molar-refractivity contribution in [2.75, 3.05) is 6.61 Å². The lowest BCUT2D eigenvalue weighted by Crippen LogP contribution is -2.50. The Bertz CT molecular complexity index is 275. The van der Waals surface area contributed by atoms with E-state index < -0.39 is 11.5 Å². The van der Waals surface area contributed by atoms with E-state index in [2.05, 4.69) is 13.8 Å². The Morgan fingerprint density at radius 2 is 1.83 bits per heavy atom. The van der Waals surface area contributed by atoms with Gasteiger partial charge in [0.05, 0.1) is 18.1 Å². The average Bonchev–Trinajstić information content (AvgIpc) is 2.13. The summed E-state index contributed by atoms with van der Waals surface area (Å²) in [5.41, 5.74) is -0.891. The standard InChI is InChI=1S/C15H28O3/c1-6-18-14(16)13(10(2)3)15(17)8-11(4)7-12(5)9-15/h10-13,17H,6-9H2,1-5H3. The second-order valence-electron chi connectivity index (χ2n) is 6.43. The second-order valence-corrected chi connectivity index (χ2v) is 6.43. The molecule has 3 nitrogen and oxygen atoms in total. The van der Waals surface area contributed by atoms with Crippen LogP contribution in [-0.2, 0) is 9.53 Å². The molecule has 3 heteroatoms. The quantitative estimate of drug-likeness (QED) is 0.786. The van der Waals surface area contributed by atoms with E-state index in [4.69, 9.17) is 4.74 Å². The predicted molar refractivity (Wildman–Crippen MR) is 72.1 cm³/mol. The molecule has 0 aromatic rings. The SMILES string of the molecule is CCOC(=O)C(C(C)C)C1(O)CC(C)CC(C)C1. The minimum absolute atomic E-state index is 0.103. The van der Waals surface area contributed by atoms with Gasteiger partial charge < -0.3 is 9.84 Å². The maximum Gasteiger partial charge on any atom is 0.312 e. The number of ether oxygens (including phenoxy) is 1. The molecule has 0 heterocycles. The highest BCUT2D eigenvalue weighted by atomic mass is 16.5. The van der Waals surface area contributed by atoms with Crippen molar-refractivity contribution in [2.24, 2.45) is 23.7 Å². The predicted octanol–water partition coefficient (Wildman–Crippen LogP) is 3.01. The highest BCUT2D eigenvalue weighted by Crippen LogP contribution is 2.43. The molecule has 1 aliphatic rings. The van der Waals surface area contributed by atoms with E-state index in [1.807, 2.05) is 20.8 Å². The fourth-order valence-electron chi connectivity index (χ4n) is 3.74. The summed E-state index contributed by atoms with van der Waals surface area (Å²) in [6.07, 6.45) is 2.55. The van der Waals surface area contributed by atoms with Gasteiger partial charge in [0.25, 0.3) is 0 Å². The Hall–Kier alpha value is -0.570. The van der Waals surface area contributed by atoms with Crippen LogP contribution in [0.4, 0.5) is 0 Å². The topological polar surface area (TPSA) is 46.5 Å². The molecule has 0 amide bonds. The van der Waals surface area contributed by atoms with Crippen molar-refractivity contribution in [3.63, 3.8) is 0 Å². The molecule has 0 aromatic heterocycles. The number of rotatable bonds is 4. The van der Waals surface area contributed by atoms with Crippen molar-refractivity contribution in [1.82, 2.24) is 0 Å². The summed E-state index contributed by atoms with van der Waals surface area (Å²) in [6, 6.07) is 0. The van der Waals surface area contributed by atoms with Gasteiger partial charge in [-0.15, -0.1) is 0 Å². The summed E-state index contributed by atoms with van der Waals surface area (Å²) in [4.78, 5) is 12.1. The second kappa shape index (κ2) is 6.05. The normalized spacial score (nSPS) is 34.4. The van der Waals surface area contributed by atoms with Crippen LogP contribution in [-0.4, -0.2) is 23.3 Å². The average molecular weight is 256 g/mol. The third kappa shape index (κ3) is 3.47. The minimum Gasteiger partial charge on any atom is -0.466 e.